The SMILES string of the molecule is COc1cncc(-c2ccc3nc(Nc4ccc(CC(C)=O)cc4)sc3c2)c1. The Morgan fingerprint density at radius 2 is 1.89 bits per heavy atom. The van der Waals surface area contributed by atoms with Crippen LogP contribution >= 0.6 is 11.3 Å². The van der Waals surface area contributed by atoms with E-state index in [-0.39, 0.29) is 5.78 Å². The highest BCUT2D eigenvalue weighted by Gasteiger charge is 2.08. The molecule has 0 aliphatic carbocycles. The summed E-state index contributed by atoms with van der Waals surface area (Å²) in [7, 11) is 1.64. The number of ether oxygens (including phenoxy) is 1. The van der Waals surface area contributed by atoms with Gasteiger partial charge in [0.05, 0.1) is 23.5 Å². The largest absolute Gasteiger partial charge is 0.495 e. The molecule has 0 amide bonds. The third-order valence-corrected chi connectivity index (χ3v) is 5.26. The summed E-state index contributed by atoms with van der Waals surface area (Å²) in [6.07, 6.45) is 3.98. The number of carbonyl (C=O) groups excluding carboxylic acids is 1. The number of carbonyl (C=O) groups is 1. The predicted molar refractivity (Wildman–Crippen MR) is 114 cm³/mol. The topological polar surface area (TPSA) is 64.1 Å². The number of nitrogens with one attached hydrogen (secondary N) is 1. The normalized spacial score (nSPS) is 10.8. The van der Waals surface area contributed by atoms with Gasteiger partial charge in [-0.1, -0.05) is 29.5 Å². The van der Waals surface area contributed by atoms with E-state index in [1.165, 1.54) is 0 Å². The second-order valence-corrected chi connectivity index (χ2v) is 7.55. The number of aromatic nitrogens is 2. The number of hydrogen-bond donors (Lipinski definition) is 1. The van der Waals surface area contributed by atoms with Crippen molar-refractivity contribution < 1.29 is 9.53 Å². The molecule has 0 unspecified atom stereocenters. The van der Waals surface area contributed by atoms with Crippen LogP contribution in [0.1, 0.15) is 12.5 Å². The van der Waals surface area contributed by atoms with E-state index in [0.717, 1.165) is 43.5 Å². The van der Waals surface area contributed by atoms with E-state index in [1.807, 2.05) is 48.7 Å². The van der Waals surface area contributed by atoms with Gasteiger partial charge in [-0.05, 0) is 48.4 Å². The van der Waals surface area contributed by atoms with E-state index in [4.69, 9.17) is 4.74 Å². The van der Waals surface area contributed by atoms with Crippen LogP contribution in [0.25, 0.3) is 21.3 Å². The minimum atomic E-state index is 0.161. The van der Waals surface area contributed by atoms with Gasteiger partial charge in [-0.2, -0.15) is 0 Å². The zero-order chi connectivity index (χ0) is 19.5. The van der Waals surface area contributed by atoms with Crippen molar-refractivity contribution in [1.29, 1.82) is 0 Å². The zero-order valence-electron chi connectivity index (χ0n) is 15.6. The average molecular weight is 389 g/mol. The van der Waals surface area contributed by atoms with Gasteiger partial charge in [0, 0.05) is 23.9 Å². The molecule has 2 aromatic heterocycles. The van der Waals surface area contributed by atoms with Crippen LogP contribution in [0.3, 0.4) is 0 Å². The molecule has 28 heavy (non-hydrogen) atoms. The minimum absolute atomic E-state index is 0.161. The highest BCUT2D eigenvalue weighted by atomic mass is 32.1. The fourth-order valence-electron chi connectivity index (χ4n) is 2.96. The average Bonchev–Trinajstić information content (AvgIpc) is 3.10. The van der Waals surface area contributed by atoms with Crippen molar-refractivity contribution in [1.82, 2.24) is 9.97 Å². The van der Waals surface area contributed by atoms with Gasteiger partial charge in [0.15, 0.2) is 5.13 Å². The molecular weight excluding hydrogens is 370 g/mol. The molecule has 6 heteroatoms. The van der Waals surface area contributed by atoms with Gasteiger partial charge < -0.3 is 10.1 Å². The Kier molecular flexibility index (Phi) is 5.04. The van der Waals surface area contributed by atoms with Crippen LogP contribution in [0.5, 0.6) is 5.75 Å². The number of ketones is 1. The van der Waals surface area contributed by atoms with Crippen molar-refractivity contribution in [3.05, 3.63) is 66.5 Å². The zero-order valence-corrected chi connectivity index (χ0v) is 16.4. The predicted octanol–water partition coefficient (Wildman–Crippen LogP) is 5.24. The fraction of sp³-hybridized carbons (Fsp3) is 0.136. The van der Waals surface area contributed by atoms with Gasteiger partial charge in [0.1, 0.15) is 11.5 Å². The first-order chi connectivity index (χ1) is 13.6. The molecule has 0 aliphatic rings. The molecule has 0 spiro atoms. The van der Waals surface area contributed by atoms with E-state index in [1.54, 1.807) is 31.6 Å². The molecule has 4 aromatic rings. The Labute approximate surface area is 167 Å². The number of rotatable bonds is 6. The molecule has 0 saturated heterocycles. The summed E-state index contributed by atoms with van der Waals surface area (Å²) in [6, 6.07) is 16.0. The van der Waals surface area contributed by atoms with Crippen molar-refractivity contribution in [2.24, 2.45) is 0 Å². The third kappa shape index (κ3) is 4.02. The maximum absolute atomic E-state index is 11.2. The molecule has 140 valence electrons. The molecule has 1 N–H and O–H groups in total. The van der Waals surface area contributed by atoms with Crippen LogP contribution in [0.4, 0.5) is 10.8 Å². The van der Waals surface area contributed by atoms with E-state index in [0.29, 0.717) is 6.42 Å². The molecule has 4 rings (SSSR count). The molecule has 2 aromatic carbocycles. The first-order valence-corrected chi connectivity index (χ1v) is 9.68. The monoisotopic (exact) mass is 389 g/mol. The Hall–Kier alpha value is -3.25. The number of benzene rings is 2. The van der Waals surface area contributed by atoms with Crippen LogP contribution in [0.2, 0.25) is 0 Å². The molecule has 0 fully saturated rings. The summed E-state index contributed by atoms with van der Waals surface area (Å²) < 4.78 is 6.36. The number of fused-ring (bicyclic) bond motifs is 1. The lowest BCUT2D eigenvalue weighted by Gasteiger charge is -2.03. The second kappa shape index (κ2) is 7.78. The summed E-state index contributed by atoms with van der Waals surface area (Å²) in [6.45, 7) is 1.60. The summed E-state index contributed by atoms with van der Waals surface area (Å²) in [5.74, 6) is 0.895. The molecule has 2 heterocycles. The number of nitrogens with zero attached hydrogens (tertiary/aromatic N) is 2. The van der Waals surface area contributed by atoms with Crippen molar-refractivity contribution in [3.8, 4) is 16.9 Å². The molecular formula is C22H19N3O2S. The highest BCUT2D eigenvalue weighted by Crippen LogP contribution is 2.32. The molecule has 0 saturated carbocycles. The maximum Gasteiger partial charge on any atom is 0.188 e. The van der Waals surface area contributed by atoms with Crippen LogP contribution < -0.4 is 10.1 Å². The lowest BCUT2D eigenvalue weighted by atomic mass is 10.1. The molecule has 0 aliphatic heterocycles. The van der Waals surface area contributed by atoms with E-state index < -0.39 is 0 Å². The van der Waals surface area contributed by atoms with Crippen molar-refractivity contribution in [2.45, 2.75) is 13.3 Å². The summed E-state index contributed by atoms with van der Waals surface area (Å²) in [4.78, 5) is 20.1. The summed E-state index contributed by atoms with van der Waals surface area (Å²) in [5, 5.41) is 4.17. The highest BCUT2D eigenvalue weighted by molar-refractivity contribution is 7.22. The number of methoxy groups -OCH3 is 1. The number of thiazole rings is 1. The third-order valence-electron chi connectivity index (χ3n) is 4.33. The van der Waals surface area contributed by atoms with Gasteiger partial charge in [-0.25, -0.2) is 4.98 Å². The number of anilines is 2. The quantitative estimate of drug-likeness (QED) is 0.488. The van der Waals surface area contributed by atoms with Crippen LogP contribution in [0, 0.1) is 0 Å². The van der Waals surface area contributed by atoms with Gasteiger partial charge in [0.2, 0.25) is 0 Å². The van der Waals surface area contributed by atoms with Crippen LogP contribution in [-0.2, 0) is 11.2 Å². The van der Waals surface area contributed by atoms with E-state index in [2.05, 4.69) is 21.4 Å². The Balaban J connectivity index is 1.57. The van der Waals surface area contributed by atoms with Gasteiger partial charge in [-0.15, -0.1) is 0 Å². The molecule has 0 atom stereocenters. The van der Waals surface area contributed by atoms with Gasteiger partial charge in [0.25, 0.3) is 0 Å². The van der Waals surface area contributed by atoms with Gasteiger partial charge >= 0.3 is 0 Å². The van der Waals surface area contributed by atoms with Crippen LogP contribution in [0.15, 0.2) is 60.9 Å². The minimum Gasteiger partial charge on any atom is -0.495 e. The number of pyridine rings is 1. The Bertz CT molecular complexity index is 1140. The molecule has 5 nitrogen and oxygen atoms in total. The Morgan fingerprint density at radius 1 is 1.07 bits per heavy atom. The lowest BCUT2D eigenvalue weighted by Crippen LogP contribution is -1.96. The van der Waals surface area contributed by atoms with Gasteiger partial charge in [-0.3, -0.25) is 9.78 Å². The Morgan fingerprint density at radius 3 is 2.64 bits per heavy atom. The fourth-order valence-corrected chi connectivity index (χ4v) is 3.89. The van der Waals surface area contributed by atoms with Crippen LogP contribution in [-0.4, -0.2) is 22.9 Å². The standard InChI is InChI=1S/C22H19N3O2S/c1-14(26)9-15-3-6-18(7-4-15)24-22-25-20-8-5-16(11-21(20)28-22)17-10-19(27-2)13-23-12-17/h3-8,10-13H,9H2,1-2H3,(H,24,25). The molecule has 0 radical (unpaired) electrons. The maximum atomic E-state index is 11.2. The van der Waals surface area contributed by atoms with E-state index in [9.17, 15) is 4.79 Å². The lowest BCUT2D eigenvalue weighted by molar-refractivity contribution is -0.116. The second-order valence-electron chi connectivity index (χ2n) is 6.52. The van der Waals surface area contributed by atoms with E-state index >= 15 is 0 Å². The first kappa shape index (κ1) is 18.1. The van der Waals surface area contributed by atoms with Crippen molar-refractivity contribution in [3.63, 3.8) is 0 Å². The number of Topliss-reactive ketones (excluding diaryl/α,β-unsaturated/α-hetero) is 1. The molecule has 0 bridgehead atoms. The van der Waals surface area contributed by atoms with Crippen molar-refractivity contribution >= 4 is 38.2 Å². The smallest absolute Gasteiger partial charge is 0.188 e. The summed E-state index contributed by atoms with van der Waals surface area (Å²) >= 11 is 1.60. The summed E-state index contributed by atoms with van der Waals surface area (Å²) in [5.41, 5.74) is 4.98. The number of hydrogen-bond acceptors (Lipinski definition) is 6. The first-order valence-electron chi connectivity index (χ1n) is 8.86. The van der Waals surface area contributed by atoms with Crippen molar-refractivity contribution in [2.75, 3.05) is 12.4 Å².